The van der Waals surface area contributed by atoms with E-state index >= 15 is 0 Å². The van der Waals surface area contributed by atoms with Crippen molar-refractivity contribution >= 4 is 11.9 Å². The fourth-order valence-corrected chi connectivity index (χ4v) is 4.23. The molecule has 1 aliphatic heterocycles. The minimum atomic E-state index is -0.755. The summed E-state index contributed by atoms with van der Waals surface area (Å²) >= 11 is 0. The molecule has 1 amide bonds. The Morgan fingerprint density at radius 1 is 1.12 bits per heavy atom. The molecule has 1 aromatic carbocycles. The molecule has 1 heterocycles. The van der Waals surface area contributed by atoms with Gasteiger partial charge in [0, 0.05) is 19.0 Å². The highest BCUT2D eigenvalue weighted by atomic mass is 16.5. The molecule has 1 aromatic rings. The fourth-order valence-electron chi connectivity index (χ4n) is 4.23. The van der Waals surface area contributed by atoms with E-state index in [0.717, 1.165) is 44.5 Å². The summed E-state index contributed by atoms with van der Waals surface area (Å²) in [7, 11) is 1.68. The Morgan fingerprint density at radius 3 is 2.52 bits per heavy atom. The van der Waals surface area contributed by atoms with Crippen molar-refractivity contribution in [3.63, 3.8) is 0 Å². The normalized spacial score (nSPS) is 24.8. The van der Waals surface area contributed by atoms with Gasteiger partial charge in [0.15, 0.2) is 0 Å². The minimum absolute atomic E-state index is 0.108. The second-order valence-electron chi connectivity index (χ2n) is 7.27. The van der Waals surface area contributed by atoms with Gasteiger partial charge in [-0.15, -0.1) is 0 Å². The molecule has 0 spiro atoms. The summed E-state index contributed by atoms with van der Waals surface area (Å²) in [5.74, 6) is 0.278. The van der Waals surface area contributed by atoms with Crippen LogP contribution in [-0.4, -0.2) is 42.1 Å². The molecule has 0 aromatic heterocycles. The van der Waals surface area contributed by atoms with Crippen LogP contribution in [0.1, 0.15) is 50.0 Å². The Hall–Kier alpha value is -2.04. The molecule has 5 heteroatoms. The Morgan fingerprint density at radius 2 is 1.84 bits per heavy atom. The number of carbonyl (C=O) groups is 2. The van der Waals surface area contributed by atoms with Gasteiger partial charge in [-0.1, -0.05) is 18.6 Å². The van der Waals surface area contributed by atoms with E-state index in [2.05, 4.69) is 12.1 Å². The van der Waals surface area contributed by atoms with E-state index < -0.39 is 5.97 Å². The Bertz CT molecular complexity index is 622. The van der Waals surface area contributed by atoms with Crippen molar-refractivity contribution in [1.29, 1.82) is 0 Å². The van der Waals surface area contributed by atoms with Crippen molar-refractivity contribution in [2.75, 3.05) is 20.2 Å². The van der Waals surface area contributed by atoms with Gasteiger partial charge in [-0.25, -0.2) is 0 Å². The third-order valence-corrected chi connectivity index (χ3v) is 5.74. The van der Waals surface area contributed by atoms with E-state index in [9.17, 15) is 14.7 Å². The number of likely N-dealkylation sites (tertiary alicyclic amines) is 1. The Labute approximate surface area is 149 Å². The number of rotatable bonds is 4. The lowest BCUT2D eigenvalue weighted by molar-refractivity contribution is -0.145. The van der Waals surface area contributed by atoms with Gasteiger partial charge in [-0.05, 0) is 55.7 Å². The molecule has 2 aliphatic rings. The van der Waals surface area contributed by atoms with E-state index in [1.807, 2.05) is 17.0 Å². The number of carbonyl (C=O) groups excluding carboxylic acids is 1. The van der Waals surface area contributed by atoms with Crippen LogP contribution in [-0.2, 0) is 9.59 Å². The number of carboxylic acids is 1. The molecule has 136 valence electrons. The van der Waals surface area contributed by atoms with Crippen LogP contribution in [0.25, 0.3) is 0 Å². The number of hydrogen-bond donors (Lipinski definition) is 1. The molecule has 25 heavy (non-hydrogen) atoms. The van der Waals surface area contributed by atoms with Crippen LogP contribution >= 0.6 is 0 Å². The highest BCUT2D eigenvalue weighted by Gasteiger charge is 2.34. The summed E-state index contributed by atoms with van der Waals surface area (Å²) in [6, 6.07) is 8.17. The van der Waals surface area contributed by atoms with Crippen LogP contribution in [0.3, 0.4) is 0 Å². The lowest BCUT2D eigenvalue weighted by Gasteiger charge is -2.36. The molecule has 0 radical (unpaired) electrons. The van der Waals surface area contributed by atoms with Crippen LogP contribution in [0.15, 0.2) is 24.3 Å². The minimum Gasteiger partial charge on any atom is -0.497 e. The van der Waals surface area contributed by atoms with Gasteiger partial charge in [0.05, 0.1) is 13.0 Å². The number of benzene rings is 1. The van der Waals surface area contributed by atoms with Crippen molar-refractivity contribution in [2.45, 2.75) is 44.4 Å². The number of ether oxygens (including phenoxy) is 1. The van der Waals surface area contributed by atoms with Gasteiger partial charge in [-0.3, -0.25) is 9.59 Å². The number of aliphatic carboxylic acids is 1. The molecule has 1 saturated heterocycles. The maximum absolute atomic E-state index is 12.8. The van der Waals surface area contributed by atoms with E-state index in [-0.39, 0.29) is 17.7 Å². The van der Waals surface area contributed by atoms with Crippen molar-refractivity contribution in [1.82, 2.24) is 4.90 Å². The lowest BCUT2D eigenvalue weighted by atomic mass is 9.80. The predicted octanol–water partition coefficient (Wildman–Crippen LogP) is 3.29. The maximum atomic E-state index is 12.8. The first-order valence-electron chi connectivity index (χ1n) is 9.24. The number of methoxy groups -OCH3 is 1. The summed E-state index contributed by atoms with van der Waals surface area (Å²) in [5, 5.41) is 9.22. The molecular weight excluding hydrogens is 318 g/mol. The second-order valence-corrected chi connectivity index (χ2v) is 7.27. The highest BCUT2D eigenvalue weighted by Crippen LogP contribution is 2.34. The average molecular weight is 345 g/mol. The first-order valence-corrected chi connectivity index (χ1v) is 9.24. The van der Waals surface area contributed by atoms with E-state index in [1.54, 1.807) is 7.11 Å². The van der Waals surface area contributed by atoms with Crippen LogP contribution in [0, 0.1) is 11.8 Å². The van der Waals surface area contributed by atoms with E-state index in [1.165, 1.54) is 5.56 Å². The number of amides is 1. The van der Waals surface area contributed by atoms with E-state index in [4.69, 9.17) is 4.74 Å². The van der Waals surface area contributed by atoms with Crippen molar-refractivity contribution in [3.8, 4) is 5.75 Å². The lowest BCUT2D eigenvalue weighted by Crippen LogP contribution is -2.43. The molecule has 2 atom stereocenters. The van der Waals surface area contributed by atoms with Crippen LogP contribution in [0.5, 0.6) is 5.75 Å². The second kappa shape index (κ2) is 7.89. The predicted molar refractivity (Wildman–Crippen MR) is 94.6 cm³/mol. The molecule has 1 N–H and O–H groups in total. The molecule has 5 nitrogen and oxygen atoms in total. The molecule has 2 fully saturated rings. The van der Waals surface area contributed by atoms with Crippen LogP contribution in [0.4, 0.5) is 0 Å². The molecular formula is C20H27NO4. The number of nitrogens with zero attached hydrogens (tertiary/aromatic N) is 1. The SMILES string of the molecule is COc1cccc(C2CCN(C(=O)C3CCCC(C(=O)O)C3)CC2)c1. The zero-order valence-corrected chi connectivity index (χ0v) is 14.8. The van der Waals surface area contributed by atoms with Gasteiger partial charge in [0.2, 0.25) is 5.91 Å². The van der Waals surface area contributed by atoms with Crippen LogP contribution in [0.2, 0.25) is 0 Å². The maximum Gasteiger partial charge on any atom is 0.306 e. The first-order chi connectivity index (χ1) is 12.1. The van der Waals surface area contributed by atoms with Crippen molar-refractivity contribution < 1.29 is 19.4 Å². The van der Waals surface area contributed by atoms with Gasteiger partial charge < -0.3 is 14.7 Å². The van der Waals surface area contributed by atoms with Crippen LogP contribution < -0.4 is 4.74 Å². The smallest absolute Gasteiger partial charge is 0.306 e. The van der Waals surface area contributed by atoms with Crippen molar-refractivity contribution in [2.24, 2.45) is 11.8 Å². The quantitative estimate of drug-likeness (QED) is 0.909. The molecule has 1 saturated carbocycles. The zero-order valence-electron chi connectivity index (χ0n) is 14.8. The average Bonchev–Trinajstić information content (AvgIpc) is 2.67. The summed E-state index contributed by atoms with van der Waals surface area (Å²) in [4.78, 5) is 25.9. The van der Waals surface area contributed by atoms with E-state index in [0.29, 0.717) is 18.8 Å². The molecule has 0 bridgehead atoms. The summed E-state index contributed by atoms with van der Waals surface area (Å²) in [6.45, 7) is 1.52. The molecule has 3 rings (SSSR count). The number of hydrogen-bond acceptors (Lipinski definition) is 3. The molecule has 2 unspecified atom stereocenters. The third kappa shape index (κ3) is 4.14. The zero-order chi connectivity index (χ0) is 17.8. The summed E-state index contributed by atoms with van der Waals surface area (Å²) in [5.41, 5.74) is 1.27. The Kier molecular flexibility index (Phi) is 5.61. The van der Waals surface area contributed by atoms with Gasteiger partial charge in [-0.2, -0.15) is 0 Å². The highest BCUT2D eigenvalue weighted by molar-refractivity contribution is 5.80. The van der Waals surface area contributed by atoms with Crippen molar-refractivity contribution in [3.05, 3.63) is 29.8 Å². The largest absolute Gasteiger partial charge is 0.497 e. The Balaban J connectivity index is 1.56. The topological polar surface area (TPSA) is 66.8 Å². The molecule has 1 aliphatic carbocycles. The first kappa shape index (κ1) is 17.8. The standard InChI is InChI=1S/C20H27NO4/c1-25-18-7-3-4-15(13-18)14-8-10-21(11-9-14)19(22)16-5-2-6-17(12-16)20(23)24/h3-4,7,13-14,16-17H,2,5-6,8-12H2,1H3,(H,23,24). The monoisotopic (exact) mass is 345 g/mol. The summed E-state index contributed by atoms with van der Waals surface area (Å²) in [6.07, 6.45) is 4.79. The van der Waals surface area contributed by atoms with Gasteiger partial charge >= 0.3 is 5.97 Å². The number of piperidine rings is 1. The number of carboxylic acid groups (broad SMARTS) is 1. The van der Waals surface area contributed by atoms with Gasteiger partial charge in [0.25, 0.3) is 0 Å². The fraction of sp³-hybridized carbons (Fsp3) is 0.600. The van der Waals surface area contributed by atoms with Gasteiger partial charge in [0.1, 0.15) is 5.75 Å². The summed E-state index contributed by atoms with van der Waals surface area (Å²) < 4.78 is 5.30. The third-order valence-electron chi connectivity index (χ3n) is 5.74.